The van der Waals surface area contributed by atoms with Crippen LogP contribution in [0.3, 0.4) is 0 Å². The van der Waals surface area contributed by atoms with Gasteiger partial charge in [0.1, 0.15) is 5.75 Å². The Kier molecular flexibility index (Phi) is 3.04. The highest BCUT2D eigenvalue weighted by molar-refractivity contribution is 5.73. The highest BCUT2D eigenvalue weighted by atomic mass is 16.3. The molecule has 0 radical (unpaired) electrons. The summed E-state index contributed by atoms with van der Waals surface area (Å²) in [6.07, 6.45) is 4.50. The van der Waals surface area contributed by atoms with Crippen LogP contribution < -0.4 is 5.32 Å². The lowest BCUT2D eigenvalue weighted by molar-refractivity contribution is -0.119. The fourth-order valence-electron chi connectivity index (χ4n) is 2.11. The van der Waals surface area contributed by atoms with Crippen molar-refractivity contribution in [1.82, 2.24) is 9.72 Å². The Morgan fingerprint density at radius 2 is 2.24 bits per heavy atom. The maximum Gasteiger partial charge on any atom is 0.217 e. The van der Waals surface area contributed by atoms with Crippen LogP contribution in [0.4, 0.5) is 0 Å². The Balaban J connectivity index is 2.27. The smallest absolute Gasteiger partial charge is 0.217 e. The molecule has 0 aliphatic heterocycles. The minimum atomic E-state index is -0.0368. The number of rotatable bonds is 3. The first-order valence-electron chi connectivity index (χ1n) is 5.62. The van der Waals surface area contributed by atoms with E-state index >= 15 is 0 Å². The number of carbonyl (C=O) groups is 1. The molecule has 2 N–H and O–H groups in total. The first-order valence-corrected chi connectivity index (χ1v) is 5.62. The average molecular weight is 232 g/mol. The maximum atomic E-state index is 10.9. The molecule has 4 nitrogen and oxygen atoms in total. The van der Waals surface area contributed by atoms with Gasteiger partial charge < -0.3 is 14.8 Å². The summed E-state index contributed by atoms with van der Waals surface area (Å²) >= 11 is 0. The summed E-state index contributed by atoms with van der Waals surface area (Å²) in [5.74, 6) is 0.229. The Hall–Kier alpha value is -1.97. The third-order valence-electron chi connectivity index (χ3n) is 2.72. The molecule has 2 aromatic rings. The van der Waals surface area contributed by atoms with Gasteiger partial charge in [0.25, 0.3) is 0 Å². The van der Waals surface area contributed by atoms with E-state index in [-0.39, 0.29) is 17.7 Å². The first-order chi connectivity index (χ1) is 8.08. The number of aromatic hydroxyl groups is 1. The van der Waals surface area contributed by atoms with Gasteiger partial charge in [0.05, 0.1) is 5.52 Å². The van der Waals surface area contributed by atoms with Crippen LogP contribution in [-0.4, -0.2) is 21.5 Å². The van der Waals surface area contributed by atoms with E-state index in [4.69, 9.17) is 0 Å². The number of pyridine rings is 1. The van der Waals surface area contributed by atoms with E-state index in [1.165, 1.54) is 6.92 Å². The molecule has 0 aliphatic carbocycles. The van der Waals surface area contributed by atoms with Crippen LogP contribution in [0.1, 0.15) is 19.4 Å². The molecule has 1 unspecified atom stereocenters. The van der Waals surface area contributed by atoms with Gasteiger partial charge in [0, 0.05) is 25.4 Å². The molecule has 0 bridgehead atoms. The Morgan fingerprint density at radius 1 is 1.47 bits per heavy atom. The third kappa shape index (κ3) is 2.41. The standard InChI is InChI=1S/C13H16N2O2/c1-9(14-10(2)16)8-11-5-7-15-6-3-4-12(17)13(11)15/h3-7,9,17H,8H2,1-2H3,(H,14,16). The van der Waals surface area contributed by atoms with Crippen molar-refractivity contribution in [3.63, 3.8) is 0 Å². The second-order valence-electron chi connectivity index (χ2n) is 4.30. The molecule has 0 aromatic carbocycles. The van der Waals surface area contributed by atoms with E-state index in [9.17, 15) is 9.90 Å². The molecule has 0 saturated heterocycles. The molecule has 0 aliphatic rings. The van der Waals surface area contributed by atoms with Crippen molar-refractivity contribution in [2.24, 2.45) is 0 Å². The Morgan fingerprint density at radius 3 is 2.94 bits per heavy atom. The van der Waals surface area contributed by atoms with Crippen LogP contribution in [0.15, 0.2) is 30.6 Å². The summed E-state index contributed by atoms with van der Waals surface area (Å²) in [6, 6.07) is 5.48. The summed E-state index contributed by atoms with van der Waals surface area (Å²) in [6.45, 7) is 3.46. The summed E-state index contributed by atoms with van der Waals surface area (Å²) < 4.78 is 1.88. The number of aromatic nitrogens is 1. The summed E-state index contributed by atoms with van der Waals surface area (Å²) in [7, 11) is 0. The zero-order chi connectivity index (χ0) is 12.4. The van der Waals surface area contributed by atoms with E-state index in [0.717, 1.165) is 11.1 Å². The largest absolute Gasteiger partial charge is 0.506 e. The highest BCUT2D eigenvalue weighted by Crippen LogP contribution is 2.23. The molecular weight excluding hydrogens is 216 g/mol. The second kappa shape index (κ2) is 4.49. The monoisotopic (exact) mass is 232 g/mol. The summed E-state index contributed by atoms with van der Waals surface area (Å²) in [5, 5.41) is 12.7. The number of fused-ring (bicyclic) bond motifs is 1. The van der Waals surface area contributed by atoms with Gasteiger partial charge >= 0.3 is 0 Å². The molecule has 2 aromatic heterocycles. The van der Waals surface area contributed by atoms with Gasteiger partial charge in [0.2, 0.25) is 5.91 Å². The van der Waals surface area contributed by atoms with Crippen molar-refractivity contribution in [2.75, 3.05) is 0 Å². The minimum Gasteiger partial charge on any atom is -0.506 e. The van der Waals surface area contributed by atoms with Crippen molar-refractivity contribution < 1.29 is 9.90 Å². The highest BCUT2D eigenvalue weighted by Gasteiger charge is 2.11. The van der Waals surface area contributed by atoms with E-state index in [2.05, 4.69) is 5.32 Å². The molecule has 0 spiro atoms. The molecule has 17 heavy (non-hydrogen) atoms. The van der Waals surface area contributed by atoms with Crippen molar-refractivity contribution in [2.45, 2.75) is 26.3 Å². The predicted molar refractivity (Wildman–Crippen MR) is 66.0 cm³/mol. The van der Waals surface area contributed by atoms with Crippen molar-refractivity contribution in [3.05, 3.63) is 36.2 Å². The second-order valence-corrected chi connectivity index (χ2v) is 4.30. The number of carbonyl (C=O) groups excluding carboxylic acids is 1. The van der Waals surface area contributed by atoms with Gasteiger partial charge in [-0.05, 0) is 37.1 Å². The molecule has 1 amide bonds. The molecular formula is C13H16N2O2. The maximum absolute atomic E-state index is 10.9. The lowest BCUT2D eigenvalue weighted by atomic mass is 10.1. The molecule has 2 heterocycles. The Bertz CT molecular complexity index is 545. The molecule has 0 fully saturated rings. The fraction of sp³-hybridized carbons (Fsp3) is 0.308. The van der Waals surface area contributed by atoms with Gasteiger partial charge in [-0.25, -0.2) is 0 Å². The number of nitrogens with one attached hydrogen (secondary N) is 1. The predicted octanol–water partition coefficient (Wildman–Crippen LogP) is 1.71. The Labute approximate surface area is 99.9 Å². The average Bonchev–Trinajstić information content (AvgIpc) is 2.61. The van der Waals surface area contributed by atoms with Gasteiger partial charge in [0.15, 0.2) is 0 Å². The number of hydrogen-bond acceptors (Lipinski definition) is 2. The zero-order valence-corrected chi connectivity index (χ0v) is 9.97. The van der Waals surface area contributed by atoms with Crippen LogP contribution in [-0.2, 0) is 11.2 Å². The number of nitrogens with zero attached hydrogens (tertiary/aromatic N) is 1. The van der Waals surface area contributed by atoms with Crippen molar-refractivity contribution in [1.29, 1.82) is 0 Å². The minimum absolute atomic E-state index is 0.0368. The molecule has 0 saturated carbocycles. The van der Waals surface area contributed by atoms with E-state index in [1.807, 2.05) is 29.8 Å². The van der Waals surface area contributed by atoms with Gasteiger partial charge in [-0.2, -0.15) is 0 Å². The van der Waals surface area contributed by atoms with Gasteiger partial charge in [-0.15, -0.1) is 0 Å². The third-order valence-corrected chi connectivity index (χ3v) is 2.72. The van der Waals surface area contributed by atoms with Crippen LogP contribution in [0.2, 0.25) is 0 Å². The molecule has 4 heteroatoms. The van der Waals surface area contributed by atoms with Gasteiger partial charge in [-0.1, -0.05) is 0 Å². The van der Waals surface area contributed by atoms with E-state index < -0.39 is 0 Å². The zero-order valence-electron chi connectivity index (χ0n) is 9.97. The van der Waals surface area contributed by atoms with Crippen LogP contribution in [0, 0.1) is 0 Å². The van der Waals surface area contributed by atoms with Crippen LogP contribution in [0.25, 0.3) is 5.52 Å². The fourth-order valence-corrected chi connectivity index (χ4v) is 2.11. The van der Waals surface area contributed by atoms with Crippen LogP contribution in [0.5, 0.6) is 5.75 Å². The van der Waals surface area contributed by atoms with E-state index in [1.54, 1.807) is 12.1 Å². The molecule has 90 valence electrons. The number of amides is 1. The van der Waals surface area contributed by atoms with Crippen LogP contribution >= 0.6 is 0 Å². The number of hydrogen-bond donors (Lipinski definition) is 2. The van der Waals surface area contributed by atoms with E-state index in [0.29, 0.717) is 6.42 Å². The SMILES string of the molecule is CC(=O)NC(C)Cc1ccn2cccc(O)c12. The van der Waals surface area contributed by atoms with Crippen molar-refractivity contribution in [3.8, 4) is 5.75 Å². The van der Waals surface area contributed by atoms with Crippen molar-refractivity contribution >= 4 is 11.4 Å². The summed E-state index contributed by atoms with van der Waals surface area (Å²) in [4.78, 5) is 10.9. The van der Waals surface area contributed by atoms with Gasteiger partial charge in [-0.3, -0.25) is 4.79 Å². The molecule has 1 atom stereocenters. The topological polar surface area (TPSA) is 53.7 Å². The normalized spacial score (nSPS) is 12.6. The first kappa shape index (κ1) is 11.5. The molecule has 2 rings (SSSR count). The summed E-state index contributed by atoms with van der Waals surface area (Å²) in [5.41, 5.74) is 1.84. The lowest BCUT2D eigenvalue weighted by Gasteiger charge is -2.12. The quantitative estimate of drug-likeness (QED) is 0.846. The lowest BCUT2D eigenvalue weighted by Crippen LogP contribution is -2.31.